The van der Waals surface area contributed by atoms with Crippen LogP contribution in [0.25, 0.3) is 0 Å². The molecular weight excluding hydrogens is 693 g/mol. The van der Waals surface area contributed by atoms with Crippen LogP contribution >= 0.6 is 34.9 Å². The number of amides is 2. The molecule has 0 aliphatic carbocycles. The number of hydrogen-bond donors (Lipinski definition) is 6. The maximum absolute atomic E-state index is 13.4. The minimum Gasteiger partial charge on any atom is -0.543 e. The number of aromatic hydroxyl groups is 2. The van der Waals surface area contributed by atoms with Gasteiger partial charge in [-0.05, 0) is 17.7 Å². The van der Waals surface area contributed by atoms with E-state index in [2.05, 4.69) is 15.5 Å². The molecule has 1 fully saturated rings. The van der Waals surface area contributed by atoms with Gasteiger partial charge in [0.05, 0.1) is 11.7 Å². The Kier molecular flexibility index (Phi) is 10.1. The lowest BCUT2D eigenvalue weighted by Crippen LogP contribution is -2.71. The van der Waals surface area contributed by atoms with Crippen molar-refractivity contribution in [3.63, 3.8) is 0 Å². The topological polar surface area (TPSA) is 269 Å². The van der Waals surface area contributed by atoms with Crippen LogP contribution in [0.2, 0.25) is 0 Å². The van der Waals surface area contributed by atoms with Crippen molar-refractivity contribution in [2.24, 2.45) is 5.16 Å². The summed E-state index contributed by atoms with van der Waals surface area (Å²) in [6.45, 7) is -0.218. The van der Waals surface area contributed by atoms with Crippen molar-refractivity contribution in [1.82, 2.24) is 15.2 Å². The third kappa shape index (κ3) is 7.29. The van der Waals surface area contributed by atoms with Crippen LogP contribution in [0.15, 0.2) is 69.4 Å². The van der Waals surface area contributed by atoms with E-state index in [1.54, 1.807) is 24.5 Å². The number of nitrogens with zero attached hydrogens (tertiary/aromatic N) is 4. The smallest absolute Gasteiger partial charge is 0.370 e. The number of phenols is 2. The number of nitrogens with one attached hydrogen (secondary N) is 1. The van der Waals surface area contributed by atoms with Crippen molar-refractivity contribution in [3.05, 3.63) is 70.6 Å². The van der Waals surface area contributed by atoms with Gasteiger partial charge in [-0.2, -0.15) is 4.57 Å². The normalized spacial score (nSPS) is 18.0. The molecule has 0 bridgehead atoms. The van der Waals surface area contributed by atoms with Gasteiger partial charge in [-0.3, -0.25) is 14.5 Å². The highest BCUT2D eigenvalue weighted by Gasteiger charge is 2.53. The molecule has 3 aromatic rings. The highest BCUT2D eigenvalue weighted by atomic mass is 32.2. The van der Waals surface area contributed by atoms with Crippen molar-refractivity contribution in [3.8, 4) is 11.5 Å². The van der Waals surface area contributed by atoms with Crippen LogP contribution in [-0.4, -0.2) is 88.7 Å². The van der Waals surface area contributed by atoms with Crippen LogP contribution in [0.5, 0.6) is 11.5 Å². The van der Waals surface area contributed by atoms with E-state index in [4.69, 9.17) is 15.7 Å². The number of thioether (sulfide) groups is 2. The molecule has 1 saturated heterocycles. The first-order valence-corrected chi connectivity index (χ1v) is 16.5. The first-order chi connectivity index (χ1) is 22.8. The molecule has 5 rings (SSSR count). The molecule has 250 valence electrons. The van der Waals surface area contributed by atoms with Crippen molar-refractivity contribution >= 4 is 75.4 Å². The molecule has 2 amide bonds. The Morgan fingerprint density at radius 2 is 1.92 bits per heavy atom. The first kappa shape index (κ1) is 34.0. The van der Waals surface area contributed by atoms with E-state index >= 15 is 0 Å². The maximum atomic E-state index is 13.4. The number of aromatic nitrogens is 2. The Balaban J connectivity index is 1.32. The summed E-state index contributed by atoms with van der Waals surface area (Å²) >= 11 is 3.44. The summed E-state index contributed by atoms with van der Waals surface area (Å²) in [7, 11) is 0. The Morgan fingerprint density at radius 3 is 2.52 bits per heavy atom. The van der Waals surface area contributed by atoms with Gasteiger partial charge in [0.2, 0.25) is 12.6 Å². The number of anilines is 1. The zero-order valence-corrected chi connectivity index (χ0v) is 26.7. The number of rotatable bonds is 13. The summed E-state index contributed by atoms with van der Waals surface area (Å²) in [5.41, 5.74) is 5.05. The van der Waals surface area contributed by atoms with Crippen LogP contribution in [0.4, 0.5) is 5.13 Å². The van der Waals surface area contributed by atoms with Crippen molar-refractivity contribution in [2.45, 2.75) is 29.0 Å². The van der Waals surface area contributed by atoms with E-state index in [1.165, 1.54) is 33.5 Å². The van der Waals surface area contributed by atoms with Gasteiger partial charge in [0, 0.05) is 39.5 Å². The fraction of sp³-hybridized carbons (Fsp3) is 0.214. The lowest BCUT2D eigenvalue weighted by Gasteiger charge is -2.50. The molecule has 0 spiro atoms. The monoisotopic (exact) mass is 716 g/mol. The number of pyridine rings is 1. The van der Waals surface area contributed by atoms with E-state index < -0.39 is 64.5 Å². The number of aliphatic carboxylic acids is 3. The number of carbonyl (C=O) groups is 5. The van der Waals surface area contributed by atoms with E-state index in [0.717, 1.165) is 39.3 Å². The quantitative estimate of drug-likeness (QED) is 0.0317. The molecule has 2 aliphatic heterocycles. The summed E-state index contributed by atoms with van der Waals surface area (Å²) in [6.07, 6.45) is 1.31. The van der Waals surface area contributed by atoms with Crippen LogP contribution in [0.3, 0.4) is 0 Å². The summed E-state index contributed by atoms with van der Waals surface area (Å²) < 4.78 is 1.46. The molecule has 20 heteroatoms. The number of phenolic OH excluding ortho intramolecular Hbond substituents is 2. The number of carboxylic acids is 3. The van der Waals surface area contributed by atoms with Crippen molar-refractivity contribution < 1.29 is 58.9 Å². The van der Waals surface area contributed by atoms with Crippen molar-refractivity contribution in [1.29, 1.82) is 0 Å². The molecule has 2 aliphatic rings. The Labute approximate surface area is 282 Å². The first-order valence-electron chi connectivity index (χ1n) is 13.6. The van der Waals surface area contributed by atoms with E-state index in [-0.39, 0.29) is 40.1 Å². The van der Waals surface area contributed by atoms with Gasteiger partial charge >= 0.3 is 11.9 Å². The lowest BCUT2D eigenvalue weighted by atomic mass is 10.0. The van der Waals surface area contributed by atoms with Crippen LogP contribution in [0, 0.1) is 0 Å². The van der Waals surface area contributed by atoms with Gasteiger partial charge < -0.3 is 46.2 Å². The standard InChI is InChI=1S/C28H24N6O11S3/c29-28-30-15(11-48-28)19(32-45-22(27(43)44)12-1-2-16(35)17(36)7-12)23(39)31-20-24(40)34-21(26(41)42)13(10-47-25(20)34)9-46-14-3-5-33(6-4-14)8-18(37)38/h1-7,11,20,22,25H,8-10H2,(H7-,29,30,31,32,35,36,37,38,39,41,42,43,44)/t20?,22?,25-/m1/s1. The number of fused-ring (bicyclic) bond motifs is 1. The highest BCUT2D eigenvalue weighted by Crippen LogP contribution is 2.41. The summed E-state index contributed by atoms with van der Waals surface area (Å²) in [5.74, 6) is -6.60. The summed E-state index contributed by atoms with van der Waals surface area (Å²) in [5, 5.41) is 56.9. The van der Waals surface area contributed by atoms with E-state index in [0.29, 0.717) is 5.57 Å². The van der Waals surface area contributed by atoms with E-state index in [1.807, 2.05) is 0 Å². The second kappa shape index (κ2) is 14.2. The predicted octanol–water partition coefficient (Wildman–Crippen LogP) is -0.749. The van der Waals surface area contributed by atoms with Gasteiger partial charge in [0.1, 0.15) is 17.1 Å². The Morgan fingerprint density at radius 1 is 1.19 bits per heavy atom. The fourth-order valence-corrected chi connectivity index (χ4v) is 7.54. The number of oxime groups is 1. The minimum absolute atomic E-state index is 0.0431. The molecule has 2 aromatic heterocycles. The molecule has 1 aromatic carbocycles. The zero-order chi connectivity index (χ0) is 34.7. The molecular formula is C28H24N6O11S3. The van der Waals surface area contributed by atoms with E-state index in [9.17, 15) is 44.4 Å². The SMILES string of the molecule is Nc1nc(/C(=N/OC(C(=O)O)c2ccc(O)c(O)c2)C(=O)NC2C(=O)N3C(C(=O)[O-])=C(CSc4cc[n+](CC(=O)O)cc4)CS[C@H]23)cs1. The Bertz CT molecular complexity index is 1860. The number of hydrogen-bond acceptors (Lipinski definition) is 15. The predicted molar refractivity (Wildman–Crippen MR) is 166 cm³/mol. The number of thiazole rings is 1. The van der Waals surface area contributed by atoms with Gasteiger partial charge in [0.25, 0.3) is 11.8 Å². The average Bonchev–Trinajstić information content (AvgIpc) is 3.47. The number of nitrogens with two attached hydrogens (primary N) is 1. The number of carbonyl (C=O) groups excluding carboxylic acids is 3. The highest BCUT2D eigenvalue weighted by molar-refractivity contribution is 8.01. The molecule has 7 N–H and O–H groups in total. The molecule has 48 heavy (non-hydrogen) atoms. The van der Waals surface area contributed by atoms with Crippen molar-refractivity contribution in [2.75, 3.05) is 17.2 Å². The second-order valence-corrected chi connectivity index (χ2v) is 13.1. The lowest BCUT2D eigenvalue weighted by molar-refractivity contribution is -0.686. The van der Waals surface area contributed by atoms with Crippen LogP contribution in [-0.2, 0) is 35.4 Å². The molecule has 2 unspecified atom stereocenters. The third-order valence-corrected chi connectivity index (χ3v) is 9.99. The van der Waals surface area contributed by atoms with Gasteiger partial charge in [-0.1, -0.05) is 11.2 Å². The van der Waals surface area contributed by atoms with Crippen LogP contribution < -0.4 is 20.7 Å². The summed E-state index contributed by atoms with van der Waals surface area (Å²) in [6, 6.07) is 5.31. The molecule has 3 atom stereocenters. The largest absolute Gasteiger partial charge is 0.543 e. The number of nitrogen functional groups attached to an aromatic ring is 1. The second-order valence-electron chi connectivity index (χ2n) is 10.1. The molecule has 4 heterocycles. The fourth-order valence-electron chi connectivity index (χ4n) is 4.62. The molecule has 0 saturated carbocycles. The van der Waals surface area contributed by atoms with Gasteiger partial charge in [-0.25, -0.2) is 14.6 Å². The minimum atomic E-state index is -1.83. The van der Waals surface area contributed by atoms with Gasteiger partial charge in [-0.15, -0.1) is 34.9 Å². The number of benzene rings is 1. The average molecular weight is 717 g/mol. The zero-order valence-electron chi connectivity index (χ0n) is 24.2. The summed E-state index contributed by atoms with van der Waals surface area (Å²) in [4.78, 5) is 72.6. The molecule has 17 nitrogen and oxygen atoms in total. The Hall–Kier alpha value is -5.34. The third-order valence-electron chi connectivity index (χ3n) is 6.87. The number of carboxylic acid groups (broad SMARTS) is 3. The van der Waals surface area contributed by atoms with Gasteiger partial charge in [0.15, 0.2) is 34.7 Å². The molecule has 0 radical (unpaired) electrons. The number of β-lactam (4-membered cyclic amide) rings is 1. The maximum Gasteiger partial charge on any atom is 0.370 e. The van der Waals surface area contributed by atoms with Crippen LogP contribution in [0.1, 0.15) is 17.4 Å².